The minimum atomic E-state index is -0.116. The van der Waals surface area contributed by atoms with Crippen molar-refractivity contribution in [1.29, 1.82) is 0 Å². The lowest BCUT2D eigenvalue weighted by molar-refractivity contribution is 0.181. The van der Waals surface area contributed by atoms with Gasteiger partial charge in [-0.15, -0.1) is 10.2 Å². The Balaban J connectivity index is 1.47. The molecule has 0 unspecified atom stereocenters. The molecule has 0 saturated carbocycles. The molecule has 10 heteroatoms. The van der Waals surface area contributed by atoms with E-state index in [0.29, 0.717) is 24.8 Å². The number of urea groups is 1. The van der Waals surface area contributed by atoms with Crippen molar-refractivity contribution in [1.82, 2.24) is 30.6 Å². The van der Waals surface area contributed by atoms with Crippen molar-refractivity contribution in [3.8, 4) is 0 Å². The van der Waals surface area contributed by atoms with Crippen LogP contribution in [0.15, 0.2) is 8.86 Å². The molecule has 0 aromatic carbocycles. The molecule has 0 bridgehead atoms. The van der Waals surface area contributed by atoms with Gasteiger partial charge in [0.2, 0.25) is 5.89 Å². The van der Waals surface area contributed by atoms with Crippen LogP contribution in [0, 0.1) is 13.8 Å². The number of carbonyl (C=O) groups is 1. The predicted molar refractivity (Wildman–Crippen MR) is 86.5 cm³/mol. The molecular formula is C13H18N6O2S2. The van der Waals surface area contributed by atoms with Crippen molar-refractivity contribution in [3.63, 3.8) is 0 Å². The predicted octanol–water partition coefficient (Wildman–Crippen LogP) is 2.18. The van der Waals surface area contributed by atoms with Crippen LogP contribution in [0.25, 0.3) is 0 Å². The molecule has 1 saturated heterocycles. The first-order chi connectivity index (χ1) is 11.1. The molecule has 2 aromatic rings. The molecule has 0 radical (unpaired) electrons. The highest BCUT2D eigenvalue weighted by Crippen LogP contribution is 2.30. The lowest BCUT2D eigenvalue weighted by atomic mass is 10.2. The highest BCUT2D eigenvalue weighted by Gasteiger charge is 2.33. The molecule has 1 N–H and O–H groups in total. The molecule has 1 fully saturated rings. The number of nitrogens with zero attached hydrogens (tertiary/aromatic N) is 5. The van der Waals surface area contributed by atoms with E-state index in [4.69, 9.17) is 4.52 Å². The molecule has 1 aliphatic rings. The summed E-state index contributed by atoms with van der Waals surface area (Å²) in [6, 6.07) is -0.202. The maximum absolute atomic E-state index is 12.3. The molecule has 3 rings (SSSR count). The van der Waals surface area contributed by atoms with Crippen LogP contribution in [-0.2, 0) is 0 Å². The number of likely N-dealkylation sites (tertiary alicyclic amines) is 1. The molecule has 0 spiro atoms. The highest BCUT2D eigenvalue weighted by molar-refractivity contribution is 8.01. The Bertz CT molecular complexity index is 673. The van der Waals surface area contributed by atoms with Crippen LogP contribution >= 0.6 is 23.1 Å². The van der Waals surface area contributed by atoms with Crippen molar-refractivity contribution in [2.24, 2.45) is 0 Å². The van der Waals surface area contributed by atoms with E-state index in [1.54, 1.807) is 34.9 Å². The summed E-state index contributed by atoms with van der Waals surface area (Å²) in [5.41, 5.74) is 0. The molecule has 3 heterocycles. The average molecular weight is 354 g/mol. The lowest BCUT2D eigenvalue weighted by Crippen LogP contribution is -2.40. The molecule has 2 aromatic heterocycles. The van der Waals surface area contributed by atoms with Crippen LogP contribution in [0.4, 0.5) is 4.79 Å². The average Bonchev–Trinajstić information content (AvgIpc) is 3.23. The number of thioether (sulfide) groups is 1. The van der Waals surface area contributed by atoms with Crippen molar-refractivity contribution >= 4 is 29.1 Å². The summed E-state index contributed by atoms with van der Waals surface area (Å²) < 4.78 is 6.14. The minimum Gasteiger partial charge on any atom is -0.337 e. The number of amides is 2. The van der Waals surface area contributed by atoms with Gasteiger partial charge < -0.3 is 14.7 Å². The van der Waals surface area contributed by atoms with Gasteiger partial charge in [0.15, 0.2) is 10.2 Å². The molecule has 124 valence electrons. The number of rotatable bonds is 5. The number of aryl methyl sites for hydroxylation is 2. The number of hydrogen-bond acceptors (Lipinski definition) is 8. The monoisotopic (exact) mass is 354 g/mol. The van der Waals surface area contributed by atoms with Gasteiger partial charge in [0, 0.05) is 18.8 Å². The Labute approximate surface area is 142 Å². The van der Waals surface area contributed by atoms with Crippen molar-refractivity contribution in [2.45, 2.75) is 37.1 Å². The van der Waals surface area contributed by atoms with Gasteiger partial charge in [0.1, 0.15) is 11.0 Å². The zero-order chi connectivity index (χ0) is 16.2. The quantitative estimate of drug-likeness (QED) is 0.649. The van der Waals surface area contributed by atoms with E-state index in [9.17, 15) is 4.79 Å². The number of hydrogen-bond donors (Lipinski definition) is 1. The summed E-state index contributed by atoms with van der Waals surface area (Å²) in [4.78, 5) is 18.4. The van der Waals surface area contributed by atoms with Crippen LogP contribution in [0.3, 0.4) is 0 Å². The Morgan fingerprint density at radius 2 is 2.35 bits per heavy atom. The van der Waals surface area contributed by atoms with Gasteiger partial charge in [0.25, 0.3) is 0 Å². The molecule has 8 nitrogen and oxygen atoms in total. The molecule has 0 aliphatic carbocycles. The van der Waals surface area contributed by atoms with Crippen LogP contribution in [0.2, 0.25) is 0 Å². The topological polar surface area (TPSA) is 97.0 Å². The molecule has 1 aliphatic heterocycles. The molecule has 23 heavy (non-hydrogen) atoms. The number of aromatic nitrogens is 4. The van der Waals surface area contributed by atoms with Gasteiger partial charge in [-0.1, -0.05) is 28.3 Å². The van der Waals surface area contributed by atoms with Gasteiger partial charge >= 0.3 is 6.03 Å². The smallest absolute Gasteiger partial charge is 0.318 e. The summed E-state index contributed by atoms with van der Waals surface area (Å²) >= 11 is 3.16. The van der Waals surface area contributed by atoms with Gasteiger partial charge in [-0.2, -0.15) is 4.98 Å². The van der Waals surface area contributed by atoms with E-state index in [2.05, 4.69) is 25.7 Å². The van der Waals surface area contributed by atoms with Gasteiger partial charge in [-0.3, -0.25) is 0 Å². The third kappa shape index (κ3) is 3.99. The third-order valence-electron chi connectivity index (χ3n) is 3.45. The fraction of sp³-hybridized carbons (Fsp3) is 0.615. The summed E-state index contributed by atoms with van der Waals surface area (Å²) in [5.74, 6) is 1.88. The normalized spacial score (nSPS) is 17.7. The van der Waals surface area contributed by atoms with Gasteiger partial charge in [0.05, 0.1) is 0 Å². The second-order valence-electron chi connectivity index (χ2n) is 5.20. The first-order valence-electron chi connectivity index (χ1n) is 7.41. The largest absolute Gasteiger partial charge is 0.337 e. The molecular weight excluding hydrogens is 336 g/mol. The first-order valence-corrected chi connectivity index (χ1v) is 9.21. The maximum atomic E-state index is 12.3. The lowest BCUT2D eigenvalue weighted by Gasteiger charge is -2.22. The third-order valence-corrected chi connectivity index (χ3v) is 5.43. The van der Waals surface area contributed by atoms with Gasteiger partial charge in [-0.25, -0.2) is 4.79 Å². The van der Waals surface area contributed by atoms with Crippen molar-refractivity contribution in [3.05, 3.63) is 16.7 Å². The van der Waals surface area contributed by atoms with E-state index < -0.39 is 0 Å². The summed E-state index contributed by atoms with van der Waals surface area (Å²) in [5, 5.41) is 15.7. The summed E-state index contributed by atoms with van der Waals surface area (Å²) in [6.45, 7) is 4.99. The zero-order valence-corrected chi connectivity index (χ0v) is 14.6. The number of nitrogens with one attached hydrogen (secondary N) is 1. The van der Waals surface area contributed by atoms with Crippen LogP contribution in [0.1, 0.15) is 35.6 Å². The molecule has 2 amide bonds. The minimum absolute atomic E-state index is 0.0857. The van der Waals surface area contributed by atoms with Crippen molar-refractivity contribution < 1.29 is 9.32 Å². The maximum Gasteiger partial charge on any atom is 0.318 e. The summed E-state index contributed by atoms with van der Waals surface area (Å²) in [6.07, 6.45) is 1.80. The Kier molecular flexibility index (Phi) is 5.11. The van der Waals surface area contributed by atoms with E-state index in [-0.39, 0.29) is 12.1 Å². The van der Waals surface area contributed by atoms with Crippen LogP contribution < -0.4 is 5.32 Å². The Morgan fingerprint density at radius 1 is 1.48 bits per heavy atom. The highest BCUT2D eigenvalue weighted by atomic mass is 32.2. The van der Waals surface area contributed by atoms with E-state index in [0.717, 1.165) is 27.9 Å². The second kappa shape index (κ2) is 7.26. The second-order valence-corrected chi connectivity index (χ2v) is 7.72. The fourth-order valence-corrected chi connectivity index (χ4v) is 4.19. The van der Waals surface area contributed by atoms with Crippen molar-refractivity contribution in [2.75, 3.05) is 18.8 Å². The Morgan fingerprint density at radius 3 is 3.04 bits per heavy atom. The number of carbonyl (C=O) groups excluding carboxylic acids is 1. The SMILES string of the molecule is Cc1noc([C@@H]2CCCN2C(=O)NCCSc2nnc(C)s2)n1. The molecule has 1 atom stereocenters. The summed E-state index contributed by atoms with van der Waals surface area (Å²) in [7, 11) is 0. The van der Waals surface area contributed by atoms with E-state index >= 15 is 0 Å². The van der Waals surface area contributed by atoms with Crippen LogP contribution in [-0.4, -0.2) is 50.1 Å². The zero-order valence-electron chi connectivity index (χ0n) is 13.0. The standard InChI is InChI=1S/C13H18N6O2S2/c1-8-15-11(21-18-8)10-4-3-6-19(10)12(20)14-5-7-22-13-17-16-9(2)23-13/h10H,3-7H2,1-2H3,(H,14,20)/t10-/m0/s1. The fourth-order valence-electron chi connectivity index (χ4n) is 2.45. The van der Waals surface area contributed by atoms with Gasteiger partial charge in [-0.05, 0) is 26.7 Å². The van der Waals surface area contributed by atoms with Crippen LogP contribution in [0.5, 0.6) is 0 Å². The van der Waals surface area contributed by atoms with E-state index in [1.807, 2.05) is 6.92 Å². The van der Waals surface area contributed by atoms with E-state index in [1.165, 1.54) is 0 Å². The first kappa shape index (κ1) is 16.2. The Hall–Kier alpha value is -1.68.